The molecule has 1 aliphatic rings. The lowest BCUT2D eigenvalue weighted by Crippen LogP contribution is -2.51. The van der Waals surface area contributed by atoms with Crippen molar-refractivity contribution in [1.82, 2.24) is 24.8 Å². The lowest BCUT2D eigenvalue weighted by Gasteiger charge is -2.38. The molecule has 0 aromatic carbocycles. The second-order valence-corrected chi connectivity index (χ2v) is 6.19. The summed E-state index contributed by atoms with van der Waals surface area (Å²) in [6.07, 6.45) is 7.14. The number of H-pyrrole nitrogens is 1. The fourth-order valence-electron chi connectivity index (χ4n) is 3.36. The minimum absolute atomic E-state index is 0.0735. The van der Waals surface area contributed by atoms with E-state index in [0.29, 0.717) is 18.4 Å². The number of nitrogens with zero attached hydrogens (tertiary/aromatic N) is 3. The van der Waals surface area contributed by atoms with Crippen LogP contribution in [0.15, 0.2) is 24.7 Å². The number of hydrogen-bond acceptors (Lipinski definition) is 3. The predicted molar refractivity (Wildman–Crippen MR) is 89.4 cm³/mol. The summed E-state index contributed by atoms with van der Waals surface area (Å²) in [5.41, 5.74) is 1.58. The average Bonchev–Trinajstić information content (AvgIpc) is 3.20. The van der Waals surface area contributed by atoms with Gasteiger partial charge in [0, 0.05) is 44.8 Å². The molecule has 3 rings (SSSR count). The first-order chi connectivity index (χ1) is 11.5. The highest BCUT2D eigenvalue weighted by molar-refractivity contribution is 5.95. The van der Waals surface area contributed by atoms with E-state index in [9.17, 15) is 9.59 Å². The molecule has 1 saturated heterocycles. The van der Waals surface area contributed by atoms with Crippen molar-refractivity contribution < 1.29 is 9.59 Å². The topological polar surface area (TPSA) is 83.0 Å². The second kappa shape index (κ2) is 6.51. The standard InChI is InChI=1S/C17H23N5O2/c1-4-12-11(7-8-18-12)17(24)20-13-5-6-14(23)22(3)15(13)16-19-9-10-21(16)2/h7-10,13,15,18H,4-6H2,1-3H3,(H,20,24)/t13-,15-/m1/s1. The molecule has 2 N–H and O–H groups in total. The molecule has 2 atom stereocenters. The van der Waals surface area contributed by atoms with Gasteiger partial charge in [-0.05, 0) is 18.9 Å². The highest BCUT2D eigenvalue weighted by Gasteiger charge is 2.38. The molecule has 7 nitrogen and oxygen atoms in total. The normalized spacial score (nSPS) is 21.1. The Bertz CT molecular complexity index is 748. The van der Waals surface area contributed by atoms with E-state index >= 15 is 0 Å². The van der Waals surface area contributed by atoms with E-state index in [1.165, 1.54) is 0 Å². The smallest absolute Gasteiger partial charge is 0.253 e. The molecule has 0 bridgehead atoms. The largest absolute Gasteiger partial charge is 0.364 e. The number of likely N-dealkylation sites (N-methyl/N-ethyl adjacent to an activating group) is 1. The first kappa shape index (κ1) is 16.3. The van der Waals surface area contributed by atoms with Gasteiger partial charge < -0.3 is 19.8 Å². The minimum atomic E-state index is -0.265. The highest BCUT2D eigenvalue weighted by atomic mass is 16.2. The Labute approximate surface area is 141 Å². The predicted octanol–water partition coefficient (Wildman–Crippen LogP) is 1.40. The zero-order valence-electron chi connectivity index (χ0n) is 14.2. The van der Waals surface area contributed by atoms with Gasteiger partial charge in [0.1, 0.15) is 11.9 Å². The van der Waals surface area contributed by atoms with Gasteiger partial charge in [-0.15, -0.1) is 0 Å². The van der Waals surface area contributed by atoms with Crippen molar-refractivity contribution in [1.29, 1.82) is 0 Å². The molecule has 0 unspecified atom stereocenters. The van der Waals surface area contributed by atoms with Gasteiger partial charge >= 0.3 is 0 Å². The van der Waals surface area contributed by atoms with Gasteiger partial charge in [0.15, 0.2) is 0 Å². The number of aryl methyl sites for hydroxylation is 2. The van der Waals surface area contributed by atoms with Crippen molar-refractivity contribution in [2.24, 2.45) is 7.05 Å². The minimum Gasteiger partial charge on any atom is -0.364 e. The van der Waals surface area contributed by atoms with Crippen LogP contribution in [0.4, 0.5) is 0 Å². The summed E-state index contributed by atoms with van der Waals surface area (Å²) < 4.78 is 1.90. The molecule has 0 spiro atoms. The highest BCUT2D eigenvalue weighted by Crippen LogP contribution is 2.30. The SMILES string of the molecule is CCc1[nH]ccc1C(=O)N[C@@H]1CCC(=O)N(C)[C@H]1c1nccn1C. The fourth-order valence-corrected chi connectivity index (χ4v) is 3.36. The Morgan fingerprint density at radius 2 is 2.25 bits per heavy atom. The van der Waals surface area contributed by atoms with Crippen LogP contribution in [0.25, 0.3) is 0 Å². The number of carbonyl (C=O) groups is 2. The summed E-state index contributed by atoms with van der Waals surface area (Å²) in [5, 5.41) is 3.11. The van der Waals surface area contributed by atoms with Gasteiger partial charge in [0.05, 0.1) is 11.6 Å². The van der Waals surface area contributed by atoms with E-state index in [0.717, 1.165) is 17.9 Å². The maximum absolute atomic E-state index is 12.7. The summed E-state index contributed by atoms with van der Waals surface area (Å²) in [5.74, 6) is 0.741. The molecule has 0 radical (unpaired) electrons. The number of hydrogen-bond donors (Lipinski definition) is 2. The monoisotopic (exact) mass is 329 g/mol. The molecule has 3 heterocycles. The summed E-state index contributed by atoms with van der Waals surface area (Å²) in [4.78, 5) is 34.0. The number of likely N-dealkylation sites (tertiary alicyclic amines) is 1. The zero-order chi connectivity index (χ0) is 17.3. The third-order valence-electron chi connectivity index (χ3n) is 4.73. The Balaban J connectivity index is 1.86. The van der Waals surface area contributed by atoms with Crippen LogP contribution in [0, 0.1) is 0 Å². The molecular formula is C17H23N5O2. The third-order valence-corrected chi connectivity index (χ3v) is 4.73. The van der Waals surface area contributed by atoms with E-state index in [2.05, 4.69) is 15.3 Å². The molecular weight excluding hydrogens is 306 g/mol. The molecule has 2 amide bonds. The van der Waals surface area contributed by atoms with Crippen LogP contribution in [0.3, 0.4) is 0 Å². The third kappa shape index (κ3) is 2.81. The van der Waals surface area contributed by atoms with E-state index < -0.39 is 0 Å². The average molecular weight is 329 g/mol. The maximum Gasteiger partial charge on any atom is 0.253 e. The fraction of sp³-hybridized carbons (Fsp3) is 0.471. The van der Waals surface area contributed by atoms with Crippen molar-refractivity contribution in [3.63, 3.8) is 0 Å². The number of piperidine rings is 1. The van der Waals surface area contributed by atoms with Crippen LogP contribution in [0.5, 0.6) is 0 Å². The van der Waals surface area contributed by atoms with E-state index in [1.807, 2.05) is 24.7 Å². The number of nitrogens with one attached hydrogen (secondary N) is 2. The Morgan fingerprint density at radius 1 is 1.46 bits per heavy atom. The number of aromatic amines is 1. The van der Waals surface area contributed by atoms with Gasteiger partial charge in [0.2, 0.25) is 5.91 Å². The van der Waals surface area contributed by atoms with Crippen LogP contribution in [-0.4, -0.2) is 44.3 Å². The van der Waals surface area contributed by atoms with Crippen molar-refractivity contribution in [2.75, 3.05) is 7.05 Å². The lowest BCUT2D eigenvalue weighted by molar-refractivity contribution is -0.136. The van der Waals surface area contributed by atoms with Crippen LogP contribution in [0.2, 0.25) is 0 Å². The van der Waals surface area contributed by atoms with Gasteiger partial charge in [-0.2, -0.15) is 0 Å². The Morgan fingerprint density at radius 3 is 2.92 bits per heavy atom. The Kier molecular flexibility index (Phi) is 4.42. The van der Waals surface area contributed by atoms with Crippen molar-refractivity contribution >= 4 is 11.8 Å². The summed E-state index contributed by atoms with van der Waals surface area (Å²) >= 11 is 0. The quantitative estimate of drug-likeness (QED) is 0.889. The van der Waals surface area contributed by atoms with E-state index in [1.54, 1.807) is 30.4 Å². The van der Waals surface area contributed by atoms with Gasteiger partial charge in [-0.25, -0.2) is 4.98 Å². The molecule has 1 fully saturated rings. The van der Waals surface area contributed by atoms with Crippen molar-refractivity contribution in [2.45, 2.75) is 38.3 Å². The molecule has 7 heteroatoms. The summed E-state index contributed by atoms with van der Waals surface area (Å²) in [6, 6.07) is 1.36. The number of rotatable bonds is 4. The van der Waals surface area contributed by atoms with Crippen LogP contribution in [0.1, 0.15) is 47.7 Å². The molecule has 0 saturated carbocycles. The Hall–Kier alpha value is -2.57. The number of amides is 2. The lowest BCUT2D eigenvalue weighted by atomic mass is 9.94. The molecule has 128 valence electrons. The summed E-state index contributed by atoms with van der Waals surface area (Å²) in [6.45, 7) is 2.01. The molecule has 1 aliphatic heterocycles. The van der Waals surface area contributed by atoms with E-state index in [4.69, 9.17) is 0 Å². The summed E-state index contributed by atoms with van der Waals surface area (Å²) in [7, 11) is 3.67. The van der Waals surface area contributed by atoms with Gasteiger partial charge in [-0.1, -0.05) is 6.92 Å². The maximum atomic E-state index is 12.7. The van der Waals surface area contributed by atoms with Crippen LogP contribution < -0.4 is 5.32 Å². The van der Waals surface area contributed by atoms with Crippen LogP contribution in [-0.2, 0) is 18.3 Å². The molecule has 0 aliphatic carbocycles. The molecule has 2 aromatic heterocycles. The first-order valence-corrected chi connectivity index (χ1v) is 8.23. The van der Waals surface area contributed by atoms with Gasteiger partial charge in [-0.3, -0.25) is 9.59 Å². The number of imidazole rings is 1. The number of aromatic nitrogens is 3. The number of carbonyl (C=O) groups excluding carboxylic acids is 2. The second-order valence-electron chi connectivity index (χ2n) is 6.19. The van der Waals surface area contributed by atoms with E-state index in [-0.39, 0.29) is 23.9 Å². The van der Waals surface area contributed by atoms with Crippen molar-refractivity contribution in [3.8, 4) is 0 Å². The zero-order valence-corrected chi connectivity index (χ0v) is 14.2. The van der Waals surface area contributed by atoms with Crippen molar-refractivity contribution in [3.05, 3.63) is 41.7 Å². The first-order valence-electron chi connectivity index (χ1n) is 8.23. The molecule has 24 heavy (non-hydrogen) atoms. The van der Waals surface area contributed by atoms with Crippen LogP contribution >= 0.6 is 0 Å². The molecule has 2 aromatic rings. The van der Waals surface area contributed by atoms with Gasteiger partial charge in [0.25, 0.3) is 5.91 Å².